The summed E-state index contributed by atoms with van der Waals surface area (Å²) in [5, 5.41) is 12.7. The summed E-state index contributed by atoms with van der Waals surface area (Å²) < 4.78 is 20.3. The van der Waals surface area contributed by atoms with E-state index >= 15 is 4.79 Å². The van der Waals surface area contributed by atoms with Gasteiger partial charge >= 0.3 is 0 Å². The third-order valence-corrected chi connectivity index (χ3v) is 17.9. The number of hydrogen-bond acceptors (Lipinski definition) is 9. The largest absolute Gasteiger partial charge is 0.379 e. The fourth-order valence-electron chi connectivity index (χ4n) is 11.9. The highest BCUT2D eigenvalue weighted by Crippen LogP contribution is 2.88. The molecule has 15 heteroatoms. The second kappa shape index (κ2) is 17.3. The topological polar surface area (TPSA) is 169 Å². The first kappa shape index (κ1) is 47.8. The predicted octanol–water partition coefficient (Wildman–Crippen LogP) is 3.33. The van der Waals surface area contributed by atoms with Gasteiger partial charge in [-0.2, -0.15) is 0 Å². The van der Waals surface area contributed by atoms with Gasteiger partial charge in [0.2, 0.25) is 23.6 Å². The number of likely N-dealkylation sites (tertiary alicyclic amines) is 2. The normalized spacial score (nSPS) is 32.3. The molecule has 3 saturated heterocycles. The summed E-state index contributed by atoms with van der Waals surface area (Å²) in [5.74, 6) is -1.37. The van der Waals surface area contributed by atoms with E-state index in [0.29, 0.717) is 64.4 Å². The second-order valence-corrected chi connectivity index (χ2v) is 23.3. The Morgan fingerprint density at radius 2 is 1.57 bits per heavy atom. The summed E-state index contributed by atoms with van der Waals surface area (Å²) in [7, 11) is 0.516. The molecule has 0 aromatic heterocycles. The SMILES string of the molecule is C=CC1(NC)CC1(NC(=O)C1CC2(CN1C(=O)C(NC(=O)C(NC(=O)C1CCCN(CC)C1)C(C)(C)C)C(C)(C)C)C(C)(C)C21CCC1)C(=O)CCCS(=O)N1CCOCC1. The quantitative estimate of drug-likeness (QED) is 0.170. The van der Waals surface area contributed by atoms with Crippen LogP contribution in [-0.4, -0.2) is 142 Å². The zero-order valence-corrected chi connectivity index (χ0v) is 39.7. The van der Waals surface area contributed by atoms with Gasteiger partial charge < -0.3 is 35.8 Å². The molecule has 0 aromatic rings. The number of Topliss-reactive ketones (excluding diaryl/α,β-unsaturated/α-hetero) is 1. The number of carbonyl (C=O) groups is 5. The van der Waals surface area contributed by atoms with E-state index in [-0.39, 0.29) is 52.1 Å². The molecule has 3 aliphatic carbocycles. The molecule has 3 saturated carbocycles. The van der Waals surface area contributed by atoms with Crippen LogP contribution in [0, 0.1) is 33.0 Å². The number of rotatable bonds is 16. The average molecular weight is 872 g/mol. The monoisotopic (exact) mass is 872 g/mol. The first-order chi connectivity index (χ1) is 28.5. The van der Waals surface area contributed by atoms with Crippen molar-refractivity contribution in [1.29, 1.82) is 0 Å². The van der Waals surface area contributed by atoms with Gasteiger partial charge in [0.1, 0.15) is 23.7 Å². The molecule has 3 aliphatic heterocycles. The Hall–Kier alpha value is -2.72. The van der Waals surface area contributed by atoms with E-state index in [2.05, 4.69) is 53.5 Å². The smallest absolute Gasteiger partial charge is 0.246 e. The Morgan fingerprint density at radius 3 is 2.10 bits per heavy atom. The van der Waals surface area contributed by atoms with Crippen LogP contribution < -0.4 is 21.3 Å². The predicted molar refractivity (Wildman–Crippen MR) is 237 cm³/mol. The van der Waals surface area contributed by atoms with E-state index in [4.69, 9.17) is 4.74 Å². The van der Waals surface area contributed by atoms with Crippen LogP contribution >= 0.6 is 0 Å². The van der Waals surface area contributed by atoms with Crippen molar-refractivity contribution in [3.63, 3.8) is 0 Å². The van der Waals surface area contributed by atoms with Crippen LogP contribution in [0.5, 0.6) is 0 Å². The molecule has 6 aliphatic rings. The lowest BCUT2D eigenvalue weighted by atomic mass is 9.73. The lowest BCUT2D eigenvalue weighted by Gasteiger charge is -2.39. The van der Waals surface area contributed by atoms with E-state index in [9.17, 15) is 23.4 Å². The van der Waals surface area contributed by atoms with Gasteiger partial charge in [0.05, 0.1) is 35.7 Å². The van der Waals surface area contributed by atoms with E-state index in [1.807, 2.05) is 45.8 Å². The number of ketones is 1. The van der Waals surface area contributed by atoms with E-state index in [1.54, 1.807) is 18.0 Å². The van der Waals surface area contributed by atoms with Crippen molar-refractivity contribution in [2.24, 2.45) is 33.0 Å². The maximum atomic E-state index is 15.3. The lowest BCUT2D eigenvalue weighted by Crippen LogP contribution is -2.63. The van der Waals surface area contributed by atoms with Crippen LogP contribution in [0.1, 0.15) is 120 Å². The minimum atomic E-state index is -1.28. The number of amides is 4. The zero-order valence-electron chi connectivity index (χ0n) is 38.9. The Kier molecular flexibility index (Phi) is 13.6. The molecule has 6 fully saturated rings. The van der Waals surface area contributed by atoms with Gasteiger partial charge in [0, 0.05) is 50.2 Å². The number of nitrogens with zero attached hydrogens (tertiary/aromatic N) is 3. The molecule has 3 heterocycles. The fraction of sp³-hybridized carbons (Fsp3) is 0.848. The summed E-state index contributed by atoms with van der Waals surface area (Å²) >= 11 is 0. The fourth-order valence-corrected chi connectivity index (χ4v) is 13.1. The van der Waals surface area contributed by atoms with Crippen LogP contribution in [-0.2, 0) is 39.7 Å². The first-order valence-electron chi connectivity index (χ1n) is 23.0. The maximum Gasteiger partial charge on any atom is 0.246 e. The van der Waals surface area contributed by atoms with Gasteiger partial charge in [-0.3, -0.25) is 24.0 Å². The van der Waals surface area contributed by atoms with E-state index in [1.165, 1.54) is 0 Å². The Bertz CT molecular complexity index is 1750. The molecule has 4 N–H and O–H groups in total. The highest BCUT2D eigenvalue weighted by molar-refractivity contribution is 7.82. The van der Waals surface area contributed by atoms with Crippen LogP contribution in [0.25, 0.3) is 0 Å². The molecule has 344 valence electrons. The van der Waals surface area contributed by atoms with Crippen molar-refractivity contribution in [2.75, 3.05) is 65.3 Å². The van der Waals surface area contributed by atoms with Crippen LogP contribution in [0.4, 0.5) is 0 Å². The second-order valence-electron chi connectivity index (χ2n) is 21.8. The molecule has 0 radical (unpaired) electrons. The highest BCUT2D eigenvalue weighted by atomic mass is 32.2. The van der Waals surface area contributed by atoms with E-state index < -0.39 is 56.9 Å². The Morgan fingerprint density at radius 1 is 0.918 bits per heavy atom. The molecule has 8 unspecified atom stereocenters. The number of fused-ring (bicyclic) bond motifs is 1. The average Bonchev–Trinajstić information content (AvgIpc) is 3.87. The van der Waals surface area contributed by atoms with Gasteiger partial charge in [-0.1, -0.05) is 74.8 Å². The molecule has 0 aromatic carbocycles. The van der Waals surface area contributed by atoms with Gasteiger partial charge in [0.15, 0.2) is 5.78 Å². The van der Waals surface area contributed by atoms with Crippen molar-refractivity contribution < 1.29 is 32.9 Å². The van der Waals surface area contributed by atoms with Crippen molar-refractivity contribution >= 4 is 40.4 Å². The summed E-state index contributed by atoms with van der Waals surface area (Å²) in [6.07, 6.45) is 7.83. The molecular formula is C46H77N7O7S. The molecule has 6 rings (SSSR count). The van der Waals surface area contributed by atoms with Gasteiger partial charge in [-0.15, -0.1) is 6.58 Å². The van der Waals surface area contributed by atoms with Crippen molar-refractivity contribution in [2.45, 2.75) is 149 Å². The summed E-state index contributed by atoms with van der Waals surface area (Å²) in [4.78, 5) is 76.8. The Balaban J connectivity index is 1.24. The first-order valence-corrected chi connectivity index (χ1v) is 24.3. The number of piperidine rings is 1. The molecular weight excluding hydrogens is 795 g/mol. The van der Waals surface area contributed by atoms with Crippen LogP contribution in [0.3, 0.4) is 0 Å². The van der Waals surface area contributed by atoms with Gasteiger partial charge in [-0.05, 0) is 80.3 Å². The van der Waals surface area contributed by atoms with Crippen molar-refractivity contribution in [1.82, 2.24) is 35.4 Å². The number of ether oxygens (including phenoxy) is 1. The van der Waals surface area contributed by atoms with Crippen molar-refractivity contribution in [3.05, 3.63) is 12.7 Å². The third kappa shape index (κ3) is 8.41. The summed E-state index contributed by atoms with van der Waals surface area (Å²) in [5.41, 5.74) is -3.95. The zero-order chi connectivity index (χ0) is 45.0. The Labute approximate surface area is 367 Å². The standard InChI is InChI=1S/C46H77N7O7S/c1-12-45(47-11)29-46(45,33(54)18-15-26-61(59)52-22-24-60-25-23-52)50-37(56)32-27-44(42(9,10)43(44)19-16-20-43)30-53(32)39(58)35(41(6,7)8)49-38(57)34(40(3,4)5)48-36(55)31-17-14-21-51(13-2)28-31/h12,31-32,34-35,47H,1,13-30H2,2-11H3,(H,48,55)(H,49,57)(H,50,56). The van der Waals surface area contributed by atoms with Crippen LogP contribution in [0.15, 0.2) is 12.7 Å². The minimum absolute atomic E-state index is 0.0151. The van der Waals surface area contributed by atoms with Gasteiger partial charge in [0.25, 0.3) is 0 Å². The number of likely N-dealkylation sites (N-methyl/N-ethyl adjacent to an activating group) is 1. The lowest BCUT2D eigenvalue weighted by molar-refractivity contribution is -0.145. The molecule has 14 nitrogen and oxygen atoms in total. The summed E-state index contributed by atoms with van der Waals surface area (Å²) in [6.45, 7) is 27.2. The summed E-state index contributed by atoms with van der Waals surface area (Å²) in [6, 6.07) is -2.79. The number of morpholine rings is 1. The van der Waals surface area contributed by atoms with Crippen LogP contribution in [0.2, 0.25) is 0 Å². The number of hydrogen-bond donors (Lipinski definition) is 4. The third-order valence-electron chi connectivity index (χ3n) is 16.3. The van der Waals surface area contributed by atoms with E-state index in [0.717, 1.165) is 45.2 Å². The molecule has 61 heavy (non-hydrogen) atoms. The van der Waals surface area contributed by atoms with Crippen molar-refractivity contribution in [3.8, 4) is 0 Å². The number of nitrogens with one attached hydrogen (secondary N) is 4. The highest BCUT2D eigenvalue weighted by Gasteiger charge is 2.85. The molecule has 4 amide bonds. The minimum Gasteiger partial charge on any atom is -0.379 e. The number of carbonyl (C=O) groups excluding carboxylic acids is 5. The molecule has 8 atom stereocenters. The maximum absolute atomic E-state index is 15.3. The molecule has 2 spiro atoms. The van der Waals surface area contributed by atoms with Gasteiger partial charge in [-0.25, -0.2) is 8.51 Å². The molecule has 0 bridgehead atoms.